The van der Waals surface area contributed by atoms with Gasteiger partial charge in [-0.05, 0) is 51.8 Å². The Morgan fingerprint density at radius 3 is 2.60 bits per heavy atom. The molecule has 1 saturated carbocycles. The van der Waals surface area contributed by atoms with E-state index in [-0.39, 0.29) is 18.4 Å². The molecule has 30 heavy (non-hydrogen) atoms. The molecule has 1 N–H and O–H groups in total. The van der Waals surface area contributed by atoms with Crippen molar-refractivity contribution >= 4 is 23.2 Å². The minimum absolute atomic E-state index is 0.0358. The van der Waals surface area contributed by atoms with Crippen LogP contribution in [0.5, 0.6) is 11.5 Å². The van der Waals surface area contributed by atoms with E-state index in [0.717, 1.165) is 29.8 Å². The van der Waals surface area contributed by atoms with Crippen LogP contribution < -0.4 is 19.7 Å². The Morgan fingerprint density at radius 1 is 1.20 bits per heavy atom. The zero-order chi connectivity index (χ0) is 21.5. The van der Waals surface area contributed by atoms with Gasteiger partial charge < -0.3 is 19.7 Å². The molecular weight excluding hydrogens is 380 g/mol. The summed E-state index contributed by atoms with van der Waals surface area (Å²) >= 11 is 0. The summed E-state index contributed by atoms with van der Waals surface area (Å²) in [6, 6.07) is 13.2. The third kappa shape index (κ3) is 3.30. The lowest BCUT2D eigenvalue weighted by molar-refractivity contribution is -0.127. The van der Waals surface area contributed by atoms with Gasteiger partial charge in [0.25, 0.3) is 0 Å². The highest BCUT2D eigenvalue weighted by molar-refractivity contribution is 6.03. The Bertz CT molecular complexity index is 994. The second kappa shape index (κ2) is 7.35. The quantitative estimate of drug-likeness (QED) is 0.808. The minimum atomic E-state index is -0.611. The third-order valence-corrected chi connectivity index (χ3v) is 6.04. The van der Waals surface area contributed by atoms with E-state index in [1.54, 1.807) is 12.0 Å². The van der Waals surface area contributed by atoms with Gasteiger partial charge in [0, 0.05) is 23.9 Å². The molecule has 0 bridgehead atoms. The molecule has 1 aliphatic carbocycles. The predicted molar refractivity (Wildman–Crippen MR) is 116 cm³/mol. The topological polar surface area (TPSA) is 67.9 Å². The minimum Gasteiger partial charge on any atom is -0.496 e. The van der Waals surface area contributed by atoms with Crippen molar-refractivity contribution < 1.29 is 19.1 Å². The van der Waals surface area contributed by atoms with Gasteiger partial charge >= 0.3 is 0 Å². The van der Waals surface area contributed by atoms with E-state index in [1.165, 1.54) is 0 Å². The number of rotatable bonds is 5. The van der Waals surface area contributed by atoms with Gasteiger partial charge in [0.05, 0.1) is 23.6 Å². The smallest absolute Gasteiger partial charge is 0.236 e. The summed E-state index contributed by atoms with van der Waals surface area (Å²) in [5.41, 5.74) is 1.13. The van der Waals surface area contributed by atoms with Crippen LogP contribution in [0.2, 0.25) is 0 Å². The number of methoxy groups -OCH3 is 1. The van der Waals surface area contributed by atoms with E-state index in [0.29, 0.717) is 18.0 Å². The Labute approximate surface area is 177 Å². The number of hydrogen-bond acceptors (Lipinski definition) is 4. The van der Waals surface area contributed by atoms with Crippen LogP contribution in [0.3, 0.4) is 0 Å². The van der Waals surface area contributed by atoms with Crippen molar-refractivity contribution in [1.29, 1.82) is 0 Å². The standard InChI is InChI=1S/C24H28N2O4/c1-5-26-18-11-10-16(14-20(18)30-15-23(2,3)22(26)28)25-21(27)24(12-13-24)17-8-6-7-9-19(17)29-4/h6-11,14H,5,12-13,15H2,1-4H3,(H,25,27). The molecule has 6 heteroatoms. The Hall–Kier alpha value is -3.02. The molecular formula is C24H28N2O4. The van der Waals surface area contributed by atoms with Gasteiger partial charge in [0.1, 0.15) is 18.1 Å². The highest BCUT2D eigenvalue weighted by Crippen LogP contribution is 2.52. The van der Waals surface area contributed by atoms with Gasteiger partial charge in [0.15, 0.2) is 0 Å². The molecule has 158 valence electrons. The monoisotopic (exact) mass is 408 g/mol. The van der Waals surface area contributed by atoms with Gasteiger partial charge in [-0.2, -0.15) is 0 Å². The maximum Gasteiger partial charge on any atom is 0.236 e. The number of hydrogen-bond donors (Lipinski definition) is 1. The average Bonchev–Trinajstić information content (AvgIpc) is 3.56. The summed E-state index contributed by atoms with van der Waals surface area (Å²) in [7, 11) is 1.62. The van der Waals surface area contributed by atoms with E-state index in [2.05, 4.69) is 5.32 Å². The van der Waals surface area contributed by atoms with E-state index < -0.39 is 10.8 Å². The number of carbonyl (C=O) groups excluding carboxylic acids is 2. The van der Waals surface area contributed by atoms with E-state index in [9.17, 15) is 9.59 Å². The largest absolute Gasteiger partial charge is 0.496 e. The SMILES string of the molecule is CCN1C(=O)C(C)(C)COc2cc(NC(=O)C3(c4ccccc4OC)CC3)ccc21. The first-order chi connectivity index (χ1) is 14.3. The van der Waals surface area contributed by atoms with Crippen molar-refractivity contribution in [3.05, 3.63) is 48.0 Å². The molecule has 1 aliphatic heterocycles. The molecule has 0 atom stereocenters. The van der Waals surface area contributed by atoms with Crippen LogP contribution >= 0.6 is 0 Å². The molecule has 0 unspecified atom stereocenters. The summed E-state index contributed by atoms with van der Waals surface area (Å²) in [5.74, 6) is 1.32. The maximum absolute atomic E-state index is 13.2. The lowest BCUT2D eigenvalue weighted by Crippen LogP contribution is -2.42. The third-order valence-electron chi connectivity index (χ3n) is 6.04. The number of fused-ring (bicyclic) bond motifs is 1. The molecule has 1 fully saturated rings. The molecule has 0 radical (unpaired) electrons. The molecule has 1 heterocycles. The average molecular weight is 408 g/mol. The summed E-state index contributed by atoms with van der Waals surface area (Å²) in [4.78, 5) is 27.8. The molecule has 2 aromatic carbocycles. The lowest BCUT2D eigenvalue weighted by Gasteiger charge is -2.26. The first-order valence-corrected chi connectivity index (χ1v) is 10.4. The van der Waals surface area contributed by atoms with Crippen molar-refractivity contribution in [2.75, 3.05) is 30.5 Å². The van der Waals surface area contributed by atoms with E-state index in [1.807, 2.05) is 63.2 Å². The molecule has 6 nitrogen and oxygen atoms in total. The zero-order valence-corrected chi connectivity index (χ0v) is 18.0. The lowest BCUT2D eigenvalue weighted by atomic mass is 9.93. The molecule has 0 spiro atoms. The second-order valence-electron chi connectivity index (χ2n) is 8.64. The molecule has 0 aromatic heterocycles. The Morgan fingerprint density at radius 2 is 1.93 bits per heavy atom. The van der Waals surface area contributed by atoms with Crippen molar-refractivity contribution in [2.45, 2.75) is 39.0 Å². The Balaban J connectivity index is 1.61. The number of nitrogens with one attached hydrogen (secondary N) is 1. The fraction of sp³-hybridized carbons (Fsp3) is 0.417. The number of nitrogens with zero attached hydrogens (tertiary/aromatic N) is 1. The molecule has 2 amide bonds. The summed E-state index contributed by atoms with van der Waals surface area (Å²) in [6.45, 7) is 6.56. The van der Waals surface area contributed by atoms with Crippen LogP contribution in [-0.2, 0) is 15.0 Å². The van der Waals surface area contributed by atoms with Crippen LogP contribution in [0.25, 0.3) is 0 Å². The first-order valence-electron chi connectivity index (χ1n) is 10.4. The summed E-state index contributed by atoms with van der Waals surface area (Å²) in [5, 5.41) is 3.05. The van der Waals surface area contributed by atoms with Crippen LogP contribution in [0.4, 0.5) is 11.4 Å². The van der Waals surface area contributed by atoms with Gasteiger partial charge in [-0.3, -0.25) is 9.59 Å². The van der Waals surface area contributed by atoms with Crippen LogP contribution in [0.1, 0.15) is 39.2 Å². The molecule has 0 saturated heterocycles. The first kappa shape index (κ1) is 20.3. The molecule has 2 aliphatic rings. The van der Waals surface area contributed by atoms with Gasteiger partial charge in [0.2, 0.25) is 11.8 Å². The molecule has 4 rings (SSSR count). The Kier molecular flexibility index (Phi) is 4.96. The van der Waals surface area contributed by atoms with Crippen LogP contribution in [-0.4, -0.2) is 32.1 Å². The normalized spacial score (nSPS) is 18.7. The number of amides is 2. The summed E-state index contributed by atoms with van der Waals surface area (Å²) < 4.78 is 11.5. The fourth-order valence-electron chi connectivity index (χ4n) is 4.07. The predicted octanol–water partition coefficient (Wildman–Crippen LogP) is 4.14. The number of benzene rings is 2. The zero-order valence-electron chi connectivity index (χ0n) is 18.0. The maximum atomic E-state index is 13.2. The van der Waals surface area contributed by atoms with Crippen molar-refractivity contribution in [1.82, 2.24) is 0 Å². The van der Waals surface area contributed by atoms with Gasteiger partial charge in [-0.25, -0.2) is 0 Å². The number of para-hydroxylation sites is 1. The van der Waals surface area contributed by atoms with Gasteiger partial charge in [-0.15, -0.1) is 0 Å². The van der Waals surface area contributed by atoms with Gasteiger partial charge in [-0.1, -0.05) is 18.2 Å². The number of carbonyl (C=O) groups is 2. The number of anilines is 2. The van der Waals surface area contributed by atoms with E-state index >= 15 is 0 Å². The van der Waals surface area contributed by atoms with Crippen LogP contribution in [0, 0.1) is 5.41 Å². The van der Waals surface area contributed by atoms with Crippen LogP contribution in [0.15, 0.2) is 42.5 Å². The van der Waals surface area contributed by atoms with Crippen molar-refractivity contribution in [3.8, 4) is 11.5 Å². The van der Waals surface area contributed by atoms with Crippen molar-refractivity contribution in [2.24, 2.45) is 5.41 Å². The fourth-order valence-corrected chi connectivity index (χ4v) is 4.07. The second-order valence-corrected chi connectivity index (χ2v) is 8.64. The van der Waals surface area contributed by atoms with E-state index in [4.69, 9.17) is 9.47 Å². The van der Waals surface area contributed by atoms with Crippen molar-refractivity contribution in [3.63, 3.8) is 0 Å². The summed E-state index contributed by atoms with van der Waals surface area (Å²) in [6.07, 6.45) is 1.57. The molecule has 2 aromatic rings. The number of ether oxygens (including phenoxy) is 2. The highest BCUT2D eigenvalue weighted by Gasteiger charge is 2.52. The highest BCUT2D eigenvalue weighted by atomic mass is 16.5.